The minimum atomic E-state index is -3.87. The van der Waals surface area contributed by atoms with Crippen LogP contribution in [0.3, 0.4) is 0 Å². The molecule has 8 aromatic rings. The highest BCUT2D eigenvalue weighted by Gasteiger charge is 2.26. The average molecular weight is 991 g/mol. The van der Waals surface area contributed by atoms with Crippen molar-refractivity contribution in [3.8, 4) is 22.3 Å². The molecule has 2 aliphatic heterocycles. The fraction of sp³-hybridized carbons (Fsp3) is 0.292. The Hall–Kier alpha value is -6.76. The van der Waals surface area contributed by atoms with Crippen LogP contribution in [0.1, 0.15) is 0 Å². The number of benzene rings is 2. The third-order valence-electron chi connectivity index (χ3n) is 11.8. The van der Waals surface area contributed by atoms with Crippen LogP contribution in [0.4, 0.5) is 11.4 Å². The summed E-state index contributed by atoms with van der Waals surface area (Å²) >= 11 is 0. The number of ether oxygens (including phenoxy) is 4. The number of nitrogens with zero attached hydrogens (tertiary/aromatic N) is 8. The summed E-state index contributed by atoms with van der Waals surface area (Å²) < 4.78 is 84.2. The predicted molar refractivity (Wildman–Crippen MR) is 267 cm³/mol. The number of nitrogens with one attached hydrogen (secondary N) is 2. The molecule has 0 spiro atoms. The van der Waals surface area contributed by atoms with E-state index in [0.717, 1.165) is 22.3 Å². The molecule has 2 saturated heterocycles. The van der Waals surface area contributed by atoms with Crippen LogP contribution < -0.4 is 20.3 Å². The highest BCUT2D eigenvalue weighted by Crippen LogP contribution is 2.26. The van der Waals surface area contributed by atoms with E-state index in [1.807, 2.05) is 26.5 Å². The van der Waals surface area contributed by atoms with Crippen LogP contribution in [0, 0.1) is 0 Å². The van der Waals surface area contributed by atoms with Crippen molar-refractivity contribution in [3.63, 3.8) is 0 Å². The molecule has 0 bridgehead atoms. The summed E-state index contributed by atoms with van der Waals surface area (Å²) in [5.74, 6) is 0. The maximum atomic E-state index is 13.5. The standard InChI is InChI=1S/2C24H25N5O5S/c2*1-28-13-18(12-26-28)17-9-22-23(25-11-17)6-4-16-3-5-19(10-21(16)24(22)30)27-35(31,32)29(2)14-20-15-33-7-8-34-20/h2*3-6,9-13,20,27H,7-8,14-15H2,1-2H3/t2*20-/m11/s1. The Labute approximate surface area is 402 Å². The number of hydrogen-bond acceptors (Lipinski definition) is 14. The van der Waals surface area contributed by atoms with Crippen LogP contribution in [0.5, 0.6) is 0 Å². The lowest BCUT2D eigenvalue weighted by Crippen LogP contribution is -2.42. The quantitative estimate of drug-likeness (QED) is 0.174. The molecule has 2 N–H and O–H groups in total. The van der Waals surface area contributed by atoms with E-state index in [2.05, 4.69) is 29.6 Å². The molecule has 2 aliphatic rings. The normalized spacial score (nSPS) is 16.7. The van der Waals surface area contributed by atoms with Crippen LogP contribution in [0.25, 0.3) is 65.6 Å². The number of pyridine rings is 2. The lowest BCUT2D eigenvalue weighted by molar-refractivity contribution is -0.0908. The van der Waals surface area contributed by atoms with Gasteiger partial charge in [-0.05, 0) is 59.3 Å². The summed E-state index contributed by atoms with van der Waals surface area (Å²) in [7, 11) is -1.16. The van der Waals surface area contributed by atoms with Gasteiger partial charge < -0.3 is 18.9 Å². The number of aryl methyl sites for hydroxylation is 2. The van der Waals surface area contributed by atoms with E-state index in [1.165, 1.54) is 22.7 Å². The van der Waals surface area contributed by atoms with Crippen molar-refractivity contribution >= 4 is 75.1 Å². The Morgan fingerprint density at radius 2 is 0.971 bits per heavy atom. The highest BCUT2D eigenvalue weighted by atomic mass is 32.2. The van der Waals surface area contributed by atoms with Gasteiger partial charge in [0.25, 0.3) is 0 Å². The van der Waals surface area contributed by atoms with E-state index < -0.39 is 20.4 Å². The largest absolute Gasteiger partial charge is 0.376 e. The number of anilines is 2. The first-order chi connectivity index (χ1) is 33.6. The Kier molecular flexibility index (Phi) is 14.0. The van der Waals surface area contributed by atoms with Crippen LogP contribution >= 0.6 is 0 Å². The van der Waals surface area contributed by atoms with Gasteiger partial charge in [-0.3, -0.25) is 38.4 Å². The van der Waals surface area contributed by atoms with Crippen molar-refractivity contribution in [2.24, 2.45) is 14.1 Å². The van der Waals surface area contributed by atoms with Crippen LogP contribution in [-0.4, -0.2) is 134 Å². The van der Waals surface area contributed by atoms with Gasteiger partial charge in [0.15, 0.2) is 10.9 Å². The Balaban J connectivity index is 0.000000174. The third-order valence-corrected chi connectivity index (χ3v) is 14.8. The zero-order valence-electron chi connectivity index (χ0n) is 38.7. The molecule has 2 atom stereocenters. The Bertz CT molecular complexity index is 3360. The maximum absolute atomic E-state index is 13.5. The summed E-state index contributed by atoms with van der Waals surface area (Å²) in [6, 6.07) is 20.6. The fourth-order valence-electron chi connectivity index (χ4n) is 8.09. The fourth-order valence-corrected chi connectivity index (χ4v) is 9.98. The maximum Gasteiger partial charge on any atom is 0.301 e. The van der Waals surface area contributed by atoms with E-state index in [0.29, 0.717) is 83.0 Å². The molecule has 70 heavy (non-hydrogen) atoms. The zero-order chi connectivity index (χ0) is 49.2. The van der Waals surface area contributed by atoms with E-state index >= 15 is 0 Å². The molecule has 0 unspecified atom stereocenters. The van der Waals surface area contributed by atoms with Gasteiger partial charge in [-0.25, -0.2) is 0 Å². The molecule has 0 radical (unpaired) electrons. The van der Waals surface area contributed by atoms with E-state index in [9.17, 15) is 26.4 Å². The van der Waals surface area contributed by atoms with Crippen molar-refractivity contribution in [3.05, 3.63) is 130 Å². The second-order valence-electron chi connectivity index (χ2n) is 17.0. The summed E-state index contributed by atoms with van der Waals surface area (Å²) in [5, 5.41) is 11.4. The molecule has 0 aliphatic carbocycles. The molecule has 0 saturated carbocycles. The van der Waals surface area contributed by atoms with Gasteiger partial charge >= 0.3 is 20.4 Å². The molecular formula is C48H50N10O10S2. The van der Waals surface area contributed by atoms with Gasteiger partial charge in [0, 0.05) is 110 Å². The van der Waals surface area contributed by atoms with E-state index in [4.69, 9.17) is 18.9 Å². The number of rotatable bonds is 12. The number of hydrogen-bond donors (Lipinski definition) is 2. The Morgan fingerprint density at radius 3 is 1.34 bits per heavy atom. The number of aromatic nitrogens is 6. The lowest BCUT2D eigenvalue weighted by Gasteiger charge is -2.27. The number of likely N-dealkylation sites (N-methyl/N-ethyl adjacent to an activating group) is 2. The minimum Gasteiger partial charge on any atom is -0.376 e. The highest BCUT2D eigenvalue weighted by molar-refractivity contribution is 7.90. The van der Waals surface area contributed by atoms with Crippen molar-refractivity contribution in [1.82, 2.24) is 38.1 Å². The molecule has 2 fully saturated rings. The van der Waals surface area contributed by atoms with Gasteiger partial charge in [0.05, 0.1) is 86.7 Å². The Morgan fingerprint density at radius 1 is 0.557 bits per heavy atom. The first-order valence-corrected chi connectivity index (χ1v) is 25.1. The van der Waals surface area contributed by atoms with Gasteiger partial charge in [-0.15, -0.1) is 0 Å². The predicted octanol–water partition coefficient (Wildman–Crippen LogP) is 4.31. The first-order valence-electron chi connectivity index (χ1n) is 22.2. The van der Waals surface area contributed by atoms with E-state index in [1.54, 1.807) is 107 Å². The van der Waals surface area contributed by atoms with Crippen LogP contribution in [0.2, 0.25) is 0 Å². The van der Waals surface area contributed by atoms with Crippen LogP contribution in [-0.2, 0) is 53.5 Å². The lowest BCUT2D eigenvalue weighted by atomic mass is 10.1. The smallest absolute Gasteiger partial charge is 0.301 e. The topological polar surface area (TPSA) is 231 Å². The van der Waals surface area contributed by atoms with E-state index in [-0.39, 0.29) is 47.5 Å². The molecule has 10 rings (SSSR count). The molecule has 364 valence electrons. The second kappa shape index (κ2) is 20.3. The van der Waals surface area contributed by atoms with Gasteiger partial charge in [0.2, 0.25) is 0 Å². The van der Waals surface area contributed by atoms with Crippen molar-refractivity contribution < 1.29 is 35.8 Å². The second-order valence-corrected chi connectivity index (χ2v) is 20.5. The minimum absolute atomic E-state index is 0.151. The van der Waals surface area contributed by atoms with Crippen LogP contribution in [0.15, 0.2) is 120 Å². The molecule has 4 aromatic carbocycles. The third kappa shape index (κ3) is 10.8. The SMILES string of the molecule is CN(C[C@@H]1COCCO1)S(=O)(=O)Nc1ccc2ccc3ncc(-c4cnn(C)c4)cc3c(=O)c2c1.CN(C[C@@H]1COCCO1)S(=O)(=O)Nc1ccc2ccc3ncc(-c4cnn(C)c4)cc3c(=O)c2c1. The molecule has 20 nitrogen and oxygen atoms in total. The molecule has 6 heterocycles. The summed E-state index contributed by atoms with van der Waals surface area (Å²) in [6.07, 6.45) is 9.87. The monoisotopic (exact) mass is 990 g/mol. The van der Waals surface area contributed by atoms with Gasteiger partial charge in [-0.2, -0.15) is 35.6 Å². The van der Waals surface area contributed by atoms with Gasteiger partial charge in [0.1, 0.15) is 0 Å². The molecule has 22 heteroatoms. The van der Waals surface area contributed by atoms with Crippen molar-refractivity contribution in [2.45, 2.75) is 12.2 Å². The van der Waals surface area contributed by atoms with Gasteiger partial charge in [-0.1, -0.05) is 24.3 Å². The van der Waals surface area contributed by atoms with Crippen molar-refractivity contribution in [1.29, 1.82) is 0 Å². The molecule has 0 amide bonds. The van der Waals surface area contributed by atoms with Crippen molar-refractivity contribution in [2.75, 3.05) is 76.3 Å². The summed E-state index contributed by atoms with van der Waals surface area (Å²) in [5.41, 5.74) is 4.45. The summed E-state index contributed by atoms with van der Waals surface area (Å²) in [4.78, 5) is 36.0. The summed E-state index contributed by atoms with van der Waals surface area (Å²) in [6.45, 7) is 2.87. The molecular weight excluding hydrogens is 941 g/mol. The zero-order valence-corrected chi connectivity index (χ0v) is 40.3. The molecule has 4 aromatic heterocycles. The number of fused-ring (bicyclic) bond motifs is 4. The first kappa shape index (κ1) is 48.3. The average Bonchev–Trinajstić information content (AvgIpc) is 3.94.